The van der Waals surface area contributed by atoms with Crippen molar-refractivity contribution in [1.82, 2.24) is 4.98 Å². The molecule has 1 aliphatic rings. The van der Waals surface area contributed by atoms with E-state index < -0.39 is 11.9 Å². The van der Waals surface area contributed by atoms with Gasteiger partial charge in [0.25, 0.3) is 0 Å². The van der Waals surface area contributed by atoms with Crippen LogP contribution in [-0.4, -0.2) is 23.9 Å². The maximum absolute atomic E-state index is 12.9. The Hall–Kier alpha value is -1.59. The third kappa shape index (κ3) is 3.54. The van der Waals surface area contributed by atoms with E-state index in [1.807, 2.05) is 13.8 Å². The maximum Gasteiger partial charge on any atom is 0.432 e. The predicted octanol–water partition coefficient (Wildman–Crippen LogP) is 4.23. The van der Waals surface area contributed by atoms with Crippen LogP contribution in [0.2, 0.25) is 0 Å². The van der Waals surface area contributed by atoms with Crippen molar-refractivity contribution >= 4 is 11.3 Å². The van der Waals surface area contributed by atoms with Gasteiger partial charge in [-0.25, -0.2) is 4.98 Å². The van der Waals surface area contributed by atoms with Crippen molar-refractivity contribution in [3.05, 3.63) is 23.4 Å². The van der Waals surface area contributed by atoms with Crippen molar-refractivity contribution in [3.63, 3.8) is 0 Å². The largest absolute Gasteiger partial charge is 0.441 e. The van der Waals surface area contributed by atoms with Gasteiger partial charge in [-0.2, -0.15) is 13.2 Å². The number of oxazole rings is 1. The second kappa shape index (κ2) is 6.03. The summed E-state index contributed by atoms with van der Waals surface area (Å²) in [5, 5.41) is 0. The molecule has 1 aliphatic carbocycles. The molecule has 1 heterocycles. The zero-order chi connectivity index (χ0) is 15.6. The first kappa shape index (κ1) is 15.8. The summed E-state index contributed by atoms with van der Waals surface area (Å²) in [5.41, 5.74) is 0.398. The number of aromatic nitrogens is 1. The van der Waals surface area contributed by atoms with Gasteiger partial charge >= 0.3 is 6.18 Å². The third-order valence-electron chi connectivity index (χ3n) is 3.54. The van der Waals surface area contributed by atoms with Gasteiger partial charge < -0.3 is 4.42 Å². The van der Waals surface area contributed by atoms with Crippen LogP contribution in [0, 0.1) is 5.92 Å². The number of fused-ring (bicyclic) bond motifs is 1. The fourth-order valence-electron chi connectivity index (χ4n) is 2.37. The van der Waals surface area contributed by atoms with E-state index in [2.05, 4.69) is 9.98 Å². The number of aryl methyl sites for hydroxylation is 2. The molecule has 21 heavy (non-hydrogen) atoms. The zero-order valence-electron chi connectivity index (χ0n) is 12.4. The van der Waals surface area contributed by atoms with Crippen molar-refractivity contribution in [3.8, 4) is 0 Å². The Kier molecular flexibility index (Phi) is 4.54. The van der Waals surface area contributed by atoms with Crippen molar-refractivity contribution < 1.29 is 17.6 Å². The normalized spacial score (nSPS) is 17.3. The summed E-state index contributed by atoms with van der Waals surface area (Å²) in [4.78, 5) is 7.72. The number of hydrogen-bond acceptors (Lipinski definition) is 3. The van der Waals surface area contributed by atoms with Crippen LogP contribution in [0.4, 0.5) is 13.2 Å². The molecule has 0 atom stereocenters. The SMILES string of the molecule is CN=C(/C=C(/c1nc2c(o1)CCCC2)C(C)C)C(F)(F)F. The maximum atomic E-state index is 12.9. The molecular weight excluding hydrogens is 281 g/mol. The van der Waals surface area contributed by atoms with Crippen molar-refractivity contribution in [1.29, 1.82) is 0 Å². The summed E-state index contributed by atoms with van der Waals surface area (Å²) < 4.78 is 44.3. The van der Waals surface area contributed by atoms with E-state index in [0.29, 0.717) is 11.5 Å². The molecule has 1 aromatic rings. The number of alkyl halides is 3. The number of allylic oxidation sites excluding steroid dienone is 2. The molecule has 0 fully saturated rings. The molecule has 0 unspecified atom stereocenters. The van der Waals surface area contributed by atoms with Crippen LogP contribution in [0.15, 0.2) is 15.5 Å². The Morgan fingerprint density at radius 3 is 2.48 bits per heavy atom. The van der Waals surface area contributed by atoms with Crippen LogP contribution in [0.25, 0.3) is 5.57 Å². The Balaban J connectivity index is 2.42. The van der Waals surface area contributed by atoms with E-state index in [-0.39, 0.29) is 5.92 Å². The highest BCUT2D eigenvalue weighted by molar-refractivity contribution is 6.04. The van der Waals surface area contributed by atoms with Gasteiger partial charge in [0.15, 0.2) is 0 Å². The lowest BCUT2D eigenvalue weighted by atomic mass is 10.0. The quantitative estimate of drug-likeness (QED) is 0.784. The Bertz CT molecular complexity index is 544. The lowest BCUT2D eigenvalue weighted by Crippen LogP contribution is -2.21. The molecule has 0 aromatic carbocycles. The van der Waals surface area contributed by atoms with Gasteiger partial charge in [0.05, 0.1) is 5.69 Å². The molecule has 1 aromatic heterocycles. The fraction of sp³-hybridized carbons (Fsp3) is 0.600. The van der Waals surface area contributed by atoms with E-state index in [9.17, 15) is 13.2 Å². The van der Waals surface area contributed by atoms with Gasteiger partial charge in [-0.05, 0) is 31.3 Å². The van der Waals surface area contributed by atoms with E-state index in [1.54, 1.807) is 0 Å². The highest BCUT2D eigenvalue weighted by Crippen LogP contribution is 2.30. The minimum Gasteiger partial charge on any atom is -0.441 e. The molecule has 0 amide bonds. The van der Waals surface area contributed by atoms with Gasteiger partial charge in [-0.3, -0.25) is 4.99 Å². The van der Waals surface area contributed by atoms with Crippen LogP contribution in [-0.2, 0) is 12.8 Å². The van der Waals surface area contributed by atoms with Gasteiger partial charge in [-0.15, -0.1) is 0 Å². The number of aliphatic imine (C=N–C) groups is 1. The van der Waals surface area contributed by atoms with Crippen molar-refractivity contribution in [2.75, 3.05) is 7.05 Å². The summed E-state index contributed by atoms with van der Waals surface area (Å²) in [5.74, 6) is 0.969. The summed E-state index contributed by atoms with van der Waals surface area (Å²) in [6.45, 7) is 3.64. The highest BCUT2D eigenvalue weighted by atomic mass is 19.4. The van der Waals surface area contributed by atoms with Crippen molar-refractivity contribution in [2.45, 2.75) is 45.7 Å². The first-order chi connectivity index (χ1) is 9.82. The standard InChI is InChI=1S/C15H19F3N2O/c1-9(2)10(8-13(19-3)15(16,17)18)14-20-11-6-4-5-7-12(11)21-14/h8-9H,4-7H2,1-3H3/b10-8+,19-13?. The second-order valence-corrected chi connectivity index (χ2v) is 5.46. The Labute approximate surface area is 122 Å². The van der Waals surface area contributed by atoms with Gasteiger partial charge in [0, 0.05) is 19.0 Å². The minimum absolute atomic E-state index is 0.135. The topological polar surface area (TPSA) is 38.4 Å². The Morgan fingerprint density at radius 1 is 1.29 bits per heavy atom. The molecule has 0 saturated carbocycles. The van der Waals surface area contributed by atoms with E-state index in [1.165, 1.54) is 0 Å². The molecule has 0 spiro atoms. The summed E-state index contributed by atoms with van der Waals surface area (Å²) >= 11 is 0. The van der Waals surface area contributed by atoms with Crippen LogP contribution in [0.5, 0.6) is 0 Å². The lowest BCUT2D eigenvalue weighted by Gasteiger charge is -2.11. The monoisotopic (exact) mass is 300 g/mol. The average molecular weight is 300 g/mol. The molecule has 6 heteroatoms. The van der Waals surface area contributed by atoms with E-state index >= 15 is 0 Å². The van der Waals surface area contributed by atoms with Crippen LogP contribution in [0.3, 0.4) is 0 Å². The zero-order valence-corrected chi connectivity index (χ0v) is 12.4. The van der Waals surface area contributed by atoms with E-state index in [4.69, 9.17) is 4.42 Å². The third-order valence-corrected chi connectivity index (χ3v) is 3.54. The molecule has 0 saturated heterocycles. The molecule has 116 valence electrons. The molecule has 3 nitrogen and oxygen atoms in total. The molecule has 0 bridgehead atoms. The molecule has 0 aliphatic heterocycles. The Morgan fingerprint density at radius 2 is 1.95 bits per heavy atom. The van der Waals surface area contributed by atoms with Crippen LogP contribution >= 0.6 is 0 Å². The number of hydrogen-bond donors (Lipinski definition) is 0. The molecule has 0 N–H and O–H groups in total. The second-order valence-electron chi connectivity index (χ2n) is 5.46. The predicted molar refractivity (Wildman–Crippen MR) is 75.4 cm³/mol. The molecular formula is C15H19F3N2O. The number of halogens is 3. The van der Waals surface area contributed by atoms with Crippen molar-refractivity contribution in [2.24, 2.45) is 10.9 Å². The summed E-state index contributed by atoms with van der Waals surface area (Å²) in [6, 6.07) is 0. The molecule has 0 radical (unpaired) electrons. The van der Waals surface area contributed by atoms with Crippen LogP contribution < -0.4 is 0 Å². The first-order valence-electron chi connectivity index (χ1n) is 7.07. The average Bonchev–Trinajstić information content (AvgIpc) is 2.80. The van der Waals surface area contributed by atoms with Gasteiger partial charge in [0.2, 0.25) is 5.89 Å². The highest BCUT2D eigenvalue weighted by Gasteiger charge is 2.34. The van der Waals surface area contributed by atoms with Crippen LogP contribution in [0.1, 0.15) is 44.0 Å². The summed E-state index contributed by atoms with van der Waals surface area (Å²) in [7, 11) is 1.14. The minimum atomic E-state index is -4.47. The number of nitrogens with zero attached hydrogens (tertiary/aromatic N) is 2. The van der Waals surface area contributed by atoms with Gasteiger partial charge in [0.1, 0.15) is 11.5 Å². The molecule has 2 rings (SSSR count). The lowest BCUT2D eigenvalue weighted by molar-refractivity contribution is -0.0577. The number of rotatable bonds is 3. The van der Waals surface area contributed by atoms with Gasteiger partial charge in [-0.1, -0.05) is 13.8 Å². The fourth-order valence-corrected chi connectivity index (χ4v) is 2.37. The first-order valence-corrected chi connectivity index (χ1v) is 7.07. The smallest absolute Gasteiger partial charge is 0.432 e. The van der Waals surface area contributed by atoms with E-state index in [0.717, 1.165) is 50.3 Å². The summed E-state index contributed by atoms with van der Waals surface area (Å²) in [6.07, 6.45) is 0.291.